The quantitative estimate of drug-likeness (QED) is 0.672. The molecular weight excluding hydrogens is 152 g/mol. The largest absolute Gasteiger partial charge is 0.380 e. The van der Waals surface area contributed by atoms with Gasteiger partial charge in [0.25, 0.3) is 0 Å². The summed E-state index contributed by atoms with van der Waals surface area (Å²) in [6.45, 7) is 7.03. The van der Waals surface area contributed by atoms with Gasteiger partial charge >= 0.3 is 0 Å². The van der Waals surface area contributed by atoms with Crippen molar-refractivity contribution in [2.24, 2.45) is 0 Å². The Balaban J connectivity index is 2.76. The van der Waals surface area contributed by atoms with Gasteiger partial charge in [-0.25, -0.2) is 0 Å². The second kappa shape index (κ2) is 2.98. The maximum atomic E-state index is 5.16. The standard InChI is InChI=1S/C9H18N2O/c1-7-8(2)11(4)9(3,10-7)6-12-5/h10H,6H2,1-5H3. The molecule has 0 bridgehead atoms. The summed E-state index contributed by atoms with van der Waals surface area (Å²) in [4.78, 5) is 2.21. The fraction of sp³-hybridized carbons (Fsp3) is 0.778. The van der Waals surface area contributed by atoms with Gasteiger partial charge in [-0.15, -0.1) is 0 Å². The maximum absolute atomic E-state index is 5.16. The predicted molar refractivity (Wildman–Crippen MR) is 49.6 cm³/mol. The molecule has 3 nitrogen and oxygen atoms in total. The molecular formula is C9H18N2O. The first-order valence-corrected chi connectivity index (χ1v) is 4.19. The molecule has 0 fully saturated rings. The van der Waals surface area contributed by atoms with E-state index in [1.807, 2.05) is 0 Å². The zero-order valence-corrected chi connectivity index (χ0v) is 8.56. The molecule has 12 heavy (non-hydrogen) atoms. The van der Waals surface area contributed by atoms with E-state index in [-0.39, 0.29) is 5.66 Å². The van der Waals surface area contributed by atoms with Crippen LogP contribution in [0.4, 0.5) is 0 Å². The molecule has 1 rings (SSSR count). The molecule has 0 amide bonds. The summed E-state index contributed by atoms with van der Waals surface area (Å²) >= 11 is 0. The number of methoxy groups -OCH3 is 1. The Morgan fingerprint density at radius 1 is 1.50 bits per heavy atom. The number of nitrogens with one attached hydrogen (secondary N) is 1. The van der Waals surface area contributed by atoms with Crippen LogP contribution < -0.4 is 5.32 Å². The monoisotopic (exact) mass is 170 g/mol. The molecule has 0 aliphatic carbocycles. The minimum absolute atomic E-state index is 0.0666. The van der Waals surface area contributed by atoms with Crippen molar-refractivity contribution >= 4 is 0 Å². The van der Waals surface area contributed by atoms with Crippen molar-refractivity contribution in [1.82, 2.24) is 10.2 Å². The molecule has 0 aromatic carbocycles. The third kappa shape index (κ3) is 1.29. The Hall–Kier alpha value is -0.700. The normalized spacial score (nSPS) is 29.6. The third-order valence-corrected chi connectivity index (χ3v) is 2.67. The number of rotatable bonds is 2. The number of likely N-dealkylation sites (N-methyl/N-ethyl adjacent to an activating group) is 1. The fourth-order valence-corrected chi connectivity index (χ4v) is 1.61. The second-order valence-electron chi connectivity index (χ2n) is 3.60. The zero-order valence-electron chi connectivity index (χ0n) is 8.56. The number of hydrogen-bond donors (Lipinski definition) is 1. The van der Waals surface area contributed by atoms with E-state index in [9.17, 15) is 0 Å². The number of ether oxygens (including phenoxy) is 1. The van der Waals surface area contributed by atoms with E-state index in [2.05, 4.69) is 38.0 Å². The van der Waals surface area contributed by atoms with Crippen LogP contribution in [0.1, 0.15) is 20.8 Å². The summed E-state index contributed by atoms with van der Waals surface area (Å²) in [7, 11) is 3.81. The molecule has 0 saturated heterocycles. The van der Waals surface area contributed by atoms with Gasteiger partial charge in [0.1, 0.15) is 5.66 Å². The summed E-state index contributed by atoms with van der Waals surface area (Å²) in [5, 5.41) is 3.41. The van der Waals surface area contributed by atoms with Crippen LogP contribution >= 0.6 is 0 Å². The molecule has 0 spiro atoms. The second-order valence-corrected chi connectivity index (χ2v) is 3.60. The van der Waals surface area contributed by atoms with E-state index in [0.717, 1.165) is 0 Å². The van der Waals surface area contributed by atoms with E-state index in [1.165, 1.54) is 11.4 Å². The molecule has 0 aromatic rings. The minimum atomic E-state index is -0.0666. The van der Waals surface area contributed by atoms with Crippen LogP contribution in [0.2, 0.25) is 0 Å². The van der Waals surface area contributed by atoms with Crippen molar-refractivity contribution in [3.63, 3.8) is 0 Å². The van der Waals surface area contributed by atoms with Gasteiger partial charge in [-0.2, -0.15) is 0 Å². The van der Waals surface area contributed by atoms with Gasteiger partial charge in [-0.05, 0) is 20.8 Å². The molecule has 0 radical (unpaired) electrons. The topological polar surface area (TPSA) is 24.5 Å². The Kier molecular flexibility index (Phi) is 2.33. The Bertz CT molecular complexity index is 213. The van der Waals surface area contributed by atoms with Crippen LogP contribution in [-0.2, 0) is 4.74 Å². The van der Waals surface area contributed by atoms with Crippen LogP contribution in [-0.4, -0.2) is 31.3 Å². The van der Waals surface area contributed by atoms with E-state index in [0.29, 0.717) is 6.61 Å². The molecule has 3 heteroatoms. The number of nitrogens with zero attached hydrogens (tertiary/aromatic N) is 1. The van der Waals surface area contributed by atoms with Gasteiger partial charge in [-0.1, -0.05) is 0 Å². The highest BCUT2D eigenvalue weighted by molar-refractivity contribution is 5.18. The smallest absolute Gasteiger partial charge is 0.131 e. The highest BCUT2D eigenvalue weighted by Gasteiger charge is 2.35. The first-order chi connectivity index (χ1) is 5.51. The summed E-state index contributed by atoms with van der Waals surface area (Å²) in [6, 6.07) is 0. The van der Waals surface area contributed by atoms with Crippen molar-refractivity contribution in [1.29, 1.82) is 0 Å². The fourth-order valence-electron chi connectivity index (χ4n) is 1.61. The molecule has 1 atom stereocenters. The molecule has 1 heterocycles. The molecule has 1 unspecified atom stereocenters. The van der Waals surface area contributed by atoms with Crippen molar-refractivity contribution in [2.75, 3.05) is 20.8 Å². The van der Waals surface area contributed by atoms with E-state index < -0.39 is 0 Å². The molecule has 1 aliphatic rings. The lowest BCUT2D eigenvalue weighted by atomic mass is 10.2. The van der Waals surface area contributed by atoms with Gasteiger partial charge in [0.2, 0.25) is 0 Å². The van der Waals surface area contributed by atoms with Gasteiger partial charge in [0.05, 0.1) is 6.61 Å². The lowest BCUT2D eigenvalue weighted by molar-refractivity contribution is 0.0559. The van der Waals surface area contributed by atoms with Crippen molar-refractivity contribution in [3.8, 4) is 0 Å². The summed E-state index contributed by atoms with van der Waals surface area (Å²) < 4.78 is 5.16. The number of allylic oxidation sites excluding steroid dienone is 2. The first kappa shape index (κ1) is 9.39. The molecule has 1 N–H and O–H groups in total. The Morgan fingerprint density at radius 3 is 2.42 bits per heavy atom. The maximum Gasteiger partial charge on any atom is 0.131 e. The van der Waals surface area contributed by atoms with Crippen molar-refractivity contribution in [2.45, 2.75) is 26.4 Å². The average molecular weight is 170 g/mol. The van der Waals surface area contributed by atoms with Crippen LogP contribution in [0.3, 0.4) is 0 Å². The Morgan fingerprint density at radius 2 is 2.08 bits per heavy atom. The van der Waals surface area contributed by atoms with E-state index in [1.54, 1.807) is 7.11 Å². The molecule has 0 aromatic heterocycles. The highest BCUT2D eigenvalue weighted by atomic mass is 16.5. The van der Waals surface area contributed by atoms with Crippen molar-refractivity contribution < 1.29 is 4.74 Å². The van der Waals surface area contributed by atoms with Crippen molar-refractivity contribution in [3.05, 3.63) is 11.4 Å². The van der Waals surface area contributed by atoms with E-state index in [4.69, 9.17) is 4.74 Å². The predicted octanol–water partition coefficient (Wildman–Crippen LogP) is 1.14. The summed E-state index contributed by atoms with van der Waals surface area (Å²) in [6.07, 6.45) is 0. The lowest BCUT2D eigenvalue weighted by Gasteiger charge is -2.34. The zero-order chi connectivity index (χ0) is 9.35. The van der Waals surface area contributed by atoms with Gasteiger partial charge in [-0.3, -0.25) is 0 Å². The van der Waals surface area contributed by atoms with Crippen LogP contribution in [0.15, 0.2) is 11.4 Å². The first-order valence-electron chi connectivity index (χ1n) is 4.19. The SMILES string of the molecule is COCC1(C)NC(C)=C(C)N1C. The van der Waals surface area contributed by atoms with Crippen LogP contribution in [0.25, 0.3) is 0 Å². The van der Waals surface area contributed by atoms with E-state index >= 15 is 0 Å². The molecule has 70 valence electrons. The van der Waals surface area contributed by atoms with Crippen LogP contribution in [0, 0.1) is 0 Å². The Labute approximate surface area is 74.4 Å². The minimum Gasteiger partial charge on any atom is -0.380 e. The highest BCUT2D eigenvalue weighted by Crippen LogP contribution is 2.25. The van der Waals surface area contributed by atoms with Gasteiger partial charge < -0.3 is 15.0 Å². The summed E-state index contributed by atoms with van der Waals surface area (Å²) in [5.74, 6) is 0. The van der Waals surface area contributed by atoms with Crippen LogP contribution in [0.5, 0.6) is 0 Å². The third-order valence-electron chi connectivity index (χ3n) is 2.67. The lowest BCUT2D eigenvalue weighted by Crippen LogP contribution is -2.51. The number of hydrogen-bond acceptors (Lipinski definition) is 3. The van der Waals surface area contributed by atoms with Gasteiger partial charge in [0, 0.05) is 25.6 Å². The molecule has 0 saturated carbocycles. The summed E-state index contributed by atoms with van der Waals surface area (Å²) in [5.41, 5.74) is 2.45. The molecule has 1 aliphatic heterocycles. The average Bonchev–Trinajstić information content (AvgIpc) is 2.17. The van der Waals surface area contributed by atoms with Gasteiger partial charge in [0.15, 0.2) is 0 Å².